The Labute approximate surface area is 106 Å². The first-order valence-corrected chi connectivity index (χ1v) is 6.78. The maximum Gasteiger partial charge on any atom is 0.264 e. The Balaban J connectivity index is 2.09. The molecule has 17 heavy (non-hydrogen) atoms. The molecule has 0 radical (unpaired) electrons. The molecule has 1 amide bonds. The van der Waals surface area contributed by atoms with Gasteiger partial charge in [-0.05, 0) is 25.5 Å². The van der Waals surface area contributed by atoms with E-state index in [-0.39, 0.29) is 11.9 Å². The molecule has 1 saturated heterocycles. The fourth-order valence-electron chi connectivity index (χ4n) is 2.23. The van der Waals surface area contributed by atoms with E-state index in [0.29, 0.717) is 0 Å². The van der Waals surface area contributed by atoms with Crippen LogP contribution in [0.5, 0.6) is 0 Å². The number of thiophene rings is 1. The number of nitrogens with zero attached hydrogens (tertiary/aromatic N) is 2. The van der Waals surface area contributed by atoms with Crippen LogP contribution in [0.2, 0.25) is 0 Å². The zero-order chi connectivity index (χ0) is 12.3. The van der Waals surface area contributed by atoms with Crippen molar-refractivity contribution >= 4 is 17.2 Å². The van der Waals surface area contributed by atoms with Crippen LogP contribution in [0, 0.1) is 0 Å². The van der Waals surface area contributed by atoms with Crippen LogP contribution in [-0.2, 0) is 0 Å². The smallest absolute Gasteiger partial charge is 0.264 e. The van der Waals surface area contributed by atoms with Crippen molar-refractivity contribution in [1.29, 1.82) is 0 Å². The van der Waals surface area contributed by atoms with Gasteiger partial charge < -0.3 is 15.1 Å². The Morgan fingerprint density at radius 2 is 2.41 bits per heavy atom. The third kappa shape index (κ3) is 2.86. The summed E-state index contributed by atoms with van der Waals surface area (Å²) in [6.45, 7) is 3.57. The summed E-state index contributed by atoms with van der Waals surface area (Å²) in [5, 5.41) is 5.13. The summed E-state index contributed by atoms with van der Waals surface area (Å²) >= 11 is 1.52. The monoisotopic (exact) mass is 253 g/mol. The first-order chi connectivity index (χ1) is 8.22. The molecule has 0 spiro atoms. The number of hydrogen-bond donors (Lipinski definition) is 1. The van der Waals surface area contributed by atoms with E-state index in [9.17, 15) is 4.79 Å². The second kappa shape index (κ2) is 5.62. The molecule has 94 valence electrons. The van der Waals surface area contributed by atoms with Crippen molar-refractivity contribution in [3.8, 4) is 0 Å². The van der Waals surface area contributed by atoms with Crippen molar-refractivity contribution in [2.24, 2.45) is 0 Å². The van der Waals surface area contributed by atoms with Gasteiger partial charge in [-0.2, -0.15) is 0 Å². The zero-order valence-electron chi connectivity index (χ0n) is 10.3. The summed E-state index contributed by atoms with van der Waals surface area (Å²) in [4.78, 5) is 17.5. The van der Waals surface area contributed by atoms with Gasteiger partial charge in [-0.15, -0.1) is 11.3 Å². The lowest BCUT2D eigenvalue weighted by Crippen LogP contribution is -2.57. The van der Waals surface area contributed by atoms with Crippen molar-refractivity contribution in [2.75, 3.05) is 40.3 Å². The van der Waals surface area contributed by atoms with Crippen molar-refractivity contribution in [3.05, 3.63) is 22.4 Å². The van der Waals surface area contributed by atoms with E-state index in [1.165, 1.54) is 11.3 Å². The van der Waals surface area contributed by atoms with Gasteiger partial charge in [-0.3, -0.25) is 4.79 Å². The predicted molar refractivity (Wildman–Crippen MR) is 70.6 cm³/mol. The van der Waals surface area contributed by atoms with Crippen LogP contribution >= 0.6 is 11.3 Å². The second-order valence-electron chi connectivity index (χ2n) is 4.45. The molecule has 1 aliphatic rings. The Bertz CT molecular complexity index is 366. The maximum absolute atomic E-state index is 12.3. The number of amides is 1. The lowest BCUT2D eigenvalue weighted by atomic mass is 10.1. The average Bonchev–Trinajstić information content (AvgIpc) is 2.82. The molecule has 1 aromatic heterocycles. The van der Waals surface area contributed by atoms with Crippen LogP contribution in [0.3, 0.4) is 0 Å². The molecule has 0 bridgehead atoms. The number of likely N-dealkylation sites (N-methyl/N-ethyl adjacent to an activating group) is 2. The van der Waals surface area contributed by atoms with Crippen LogP contribution in [0.25, 0.3) is 0 Å². The molecule has 1 unspecified atom stereocenters. The van der Waals surface area contributed by atoms with Gasteiger partial charge in [0, 0.05) is 26.2 Å². The second-order valence-corrected chi connectivity index (χ2v) is 5.40. The molecular weight excluding hydrogens is 234 g/mol. The van der Waals surface area contributed by atoms with Crippen LogP contribution in [-0.4, -0.2) is 62.0 Å². The molecule has 2 heterocycles. The molecule has 1 aromatic rings. The Morgan fingerprint density at radius 1 is 1.59 bits per heavy atom. The summed E-state index contributed by atoms with van der Waals surface area (Å²) < 4.78 is 0. The van der Waals surface area contributed by atoms with E-state index in [1.807, 2.05) is 29.5 Å². The van der Waals surface area contributed by atoms with Gasteiger partial charge >= 0.3 is 0 Å². The normalized spacial score (nSPS) is 21.8. The Hall–Kier alpha value is -0.910. The van der Waals surface area contributed by atoms with E-state index in [4.69, 9.17) is 0 Å². The summed E-state index contributed by atoms with van der Waals surface area (Å²) in [6.07, 6.45) is 0. The van der Waals surface area contributed by atoms with Crippen LogP contribution in [0.4, 0.5) is 0 Å². The zero-order valence-corrected chi connectivity index (χ0v) is 11.2. The van der Waals surface area contributed by atoms with E-state index in [1.54, 1.807) is 0 Å². The van der Waals surface area contributed by atoms with Gasteiger partial charge in [0.1, 0.15) is 0 Å². The van der Waals surface area contributed by atoms with Crippen molar-refractivity contribution in [2.45, 2.75) is 6.04 Å². The number of carbonyl (C=O) groups excluding carboxylic acids is 1. The number of nitrogens with one attached hydrogen (secondary N) is 1. The van der Waals surface area contributed by atoms with Gasteiger partial charge in [-0.25, -0.2) is 0 Å². The lowest BCUT2D eigenvalue weighted by Gasteiger charge is -2.39. The van der Waals surface area contributed by atoms with E-state index >= 15 is 0 Å². The minimum atomic E-state index is 0.174. The molecule has 0 aliphatic carbocycles. The Morgan fingerprint density at radius 3 is 3.06 bits per heavy atom. The minimum absolute atomic E-state index is 0.174. The first-order valence-electron chi connectivity index (χ1n) is 5.90. The molecule has 1 N–H and O–H groups in total. The first kappa shape index (κ1) is 12.5. The van der Waals surface area contributed by atoms with Gasteiger partial charge in [0.25, 0.3) is 5.91 Å². The highest BCUT2D eigenvalue weighted by atomic mass is 32.1. The van der Waals surface area contributed by atoms with Gasteiger partial charge in [0.15, 0.2) is 0 Å². The number of hydrogen-bond acceptors (Lipinski definition) is 4. The molecule has 1 fully saturated rings. The molecule has 1 aliphatic heterocycles. The topological polar surface area (TPSA) is 35.6 Å². The molecule has 2 rings (SSSR count). The molecule has 5 heteroatoms. The van der Waals surface area contributed by atoms with Crippen molar-refractivity contribution < 1.29 is 4.79 Å². The predicted octanol–water partition coefficient (Wildman–Crippen LogP) is 0.724. The van der Waals surface area contributed by atoms with Crippen LogP contribution in [0.1, 0.15) is 9.67 Å². The highest BCUT2D eigenvalue weighted by Crippen LogP contribution is 2.16. The largest absolute Gasteiger partial charge is 0.331 e. The number of rotatable bonds is 3. The summed E-state index contributed by atoms with van der Waals surface area (Å²) in [7, 11) is 4.04. The van der Waals surface area contributed by atoms with Crippen molar-refractivity contribution in [3.63, 3.8) is 0 Å². The number of piperazine rings is 1. The standard InChI is InChI=1S/C12H19N3OS/c1-13-8-10-9-14(2)5-6-15(10)12(16)11-4-3-7-17-11/h3-4,7,10,13H,5-6,8-9H2,1-2H3. The van der Waals surface area contributed by atoms with E-state index < -0.39 is 0 Å². The summed E-state index contributed by atoms with van der Waals surface area (Å²) in [5.74, 6) is 0.174. The van der Waals surface area contributed by atoms with Gasteiger partial charge in [-0.1, -0.05) is 6.07 Å². The van der Waals surface area contributed by atoms with Crippen LogP contribution < -0.4 is 5.32 Å². The fourth-order valence-corrected chi connectivity index (χ4v) is 2.91. The SMILES string of the molecule is CNCC1CN(C)CCN1C(=O)c1cccs1. The van der Waals surface area contributed by atoms with E-state index in [2.05, 4.69) is 17.3 Å². The third-order valence-corrected chi connectivity index (χ3v) is 3.98. The van der Waals surface area contributed by atoms with Gasteiger partial charge in [0.2, 0.25) is 0 Å². The fraction of sp³-hybridized carbons (Fsp3) is 0.583. The summed E-state index contributed by atoms with van der Waals surface area (Å²) in [5.41, 5.74) is 0. The average molecular weight is 253 g/mol. The molecule has 4 nitrogen and oxygen atoms in total. The third-order valence-electron chi connectivity index (χ3n) is 3.12. The van der Waals surface area contributed by atoms with Crippen LogP contribution in [0.15, 0.2) is 17.5 Å². The van der Waals surface area contributed by atoms with Gasteiger partial charge in [0.05, 0.1) is 10.9 Å². The summed E-state index contributed by atoms with van der Waals surface area (Å²) in [6, 6.07) is 4.11. The molecule has 0 aromatic carbocycles. The van der Waals surface area contributed by atoms with E-state index in [0.717, 1.165) is 31.1 Å². The van der Waals surface area contributed by atoms with Crippen molar-refractivity contribution in [1.82, 2.24) is 15.1 Å². The maximum atomic E-state index is 12.3. The molecule has 0 saturated carbocycles. The Kier molecular flexibility index (Phi) is 4.15. The molecular formula is C12H19N3OS. The quantitative estimate of drug-likeness (QED) is 0.862. The highest BCUT2D eigenvalue weighted by Gasteiger charge is 2.29. The highest BCUT2D eigenvalue weighted by molar-refractivity contribution is 7.12. The number of carbonyl (C=O) groups is 1. The lowest BCUT2D eigenvalue weighted by molar-refractivity contribution is 0.0509. The molecule has 1 atom stereocenters. The minimum Gasteiger partial charge on any atom is -0.331 e.